The van der Waals surface area contributed by atoms with Crippen molar-refractivity contribution in [2.75, 3.05) is 5.32 Å². The quantitative estimate of drug-likeness (QED) is 0.679. The third kappa shape index (κ3) is 3.35. The van der Waals surface area contributed by atoms with Gasteiger partial charge in [-0.15, -0.1) is 0 Å². The molecule has 136 valence electrons. The SMILES string of the molecule is CC(=O)c1cccc(NC(=O)c2c3c(nc4ccc(C)cc24)CCCC3)c1. The largest absolute Gasteiger partial charge is 0.322 e. The van der Waals surface area contributed by atoms with Crippen molar-refractivity contribution in [1.29, 1.82) is 0 Å². The molecule has 1 amide bonds. The van der Waals surface area contributed by atoms with E-state index in [0.29, 0.717) is 11.3 Å². The second kappa shape index (κ2) is 6.95. The lowest BCUT2D eigenvalue weighted by atomic mass is 9.89. The molecular formula is C23H22N2O2. The third-order valence-electron chi connectivity index (χ3n) is 5.17. The van der Waals surface area contributed by atoms with E-state index in [1.54, 1.807) is 18.2 Å². The van der Waals surface area contributed by atoms with Crippen molar-refractivity contribution >= 4 is 28.3 Å². The van der Waals surface area contributed by atoms with Gasteiger partial charge >= 0.3 is 0 Å². The zero-order chi connectivity index (χ0) is 19.0. The molecule has 1 aromatic heterocycles. The van der Waals surface area contributed by atoms with Gasteiger partial charge < -0.3 is 5.32 Å². The van der Waals surface area contributed by atoms with E-state index in [4.69, 9.17) is 4.98 Å². The van der Waals surface area contributed by atoms with E-state index < -0.39 is 0 Å². The van der Waals surface area contributed by atoms with Gasteiger partial charge in [0.25, 0.3) is 5.91 Å². The van der Waals surface area contributed by atoms with Gasteiger partial charge in [0, 0.05) is 22.3 Å². The van der Waals surface area contributed by atoms with E-state index in [-0.39, 0.29) is 11.7 Å². The number of nitrogens with zero attached hydrogens (tertiary/aromatic N) is 1. The summed E-state index contributed by atoms with van der Waals surface area (Å²) in [7, 11) is 0. The number of hydrogen-bond acceptors (Lipinski definition) is 3. The number of aryl methyl sites for hydroxylation is 2. The molecule has 1 aliphatic rings. The molecule has 0 bridgehead atoms. The van der Waals surface area contributed by atoms with Crippen LogP contribution in [-0.2, 0) is 12.8 Å². The Morgan fingerprint density at radius 2 is 1.85 bits per heavy atom. The van der Waals surface area contributed by atoms with Gasteiger partial charge in [-0.3, -0.25) is 14.6 Å². The molecule has 1 heterocycles. The van der Waals surface area contributed by atoms with Crippen molar-refractivity contribution in [2.45, 2.75) is 39.5 Å². The van der Waals surface area contributed by atoms with E-state index in [9.17, 15) is 9.59 Å². The molecule has 27 heavy (non-hydrogen) atoms. The highest BCUT2D eigenvalue weighted by Crippen LogP contribution is 2.30. The van der Waals surface area contributed by atoms with Gasteiger partial charge in [-0.1, -0.05) is 23.8 Å². The summed E-state index contributed by atoms with van der Waals surface area (Å²) in [6.45, 7) is 3.55. The Hall–Kier alpha value is -3.01. The van der Waals surface area contributed by atoms with Crippen LogP contribution in [0.15, 0.2) is 42.5 Å². The summed E-state index contributed by atoms with van der Waals surface area (Å²) in [5.41, 5.74) is 6.03. The minimum absolute atomic E-state index is 0.0199. The molecular weight excluding hydrogens is 336 g/mol. The number of benzene rings is 2. The number of Topliss-reactive ketones (excluding diaryl/α,β-unsaturated/α-hetero) is 1. The summed E-state index contributed by atoms with van der Waals surface area (Å²) in [6, 6.07) is 13.1. The summed E-state index contributed by atoms with van der Waals surface area (Å²) >= 11 is 0. The standard InChI is InChI=1S/C23H22N2O2/c1-14-10-11-21-19(12-14)22(18-8-3-4-9-20(18)25-21)23(27)24-17-7-5-6-16(13-17)15(2)26/h5-7,10-13H,3-4,8-9H2,1-2H3,(H,24,27). The van der Waals surface area contributed by atoms with E-state index in [2.05, 4.69) is 5.32 Å². The molecule has 1 N–H and O–H groups in total. The predicted octanol–water partition coefficient (Wildman–Crippen LogP) is 4.88. The van der Waals surface area contributed by atoms with Gasteiger partial charge in [-0.2, -0.15) is 0 Å². The molecule has 0 aliphatic heterocycles. The number of ketones is 1. The molecule has 0 atom stereocenters. The summed E-state index contributed by atoms with van der Waals surface area (Å²) < 4.78 is 0. The molecule has 0 saturated heterocycles. The minimum Gasteiger partial charge on any atom is -0.322 e. The Morgan fingerprint density at radius 3 is 2.67 bits per heavy atom. The van der Waals surface area contributed by atoms with Crippen molar-refractivity contribution < 1.29 is 9.59 Å². The van der Waals surface area contributed by atoms with E-state index in [1.165, 1.54) is 6.92 Å². The van der Waals surface area contributed by atoms with Gasteiger partial charge in [0.05, 0.1) is 11.1 Å². The number of aromatic nitrogens is 1. The summed E-state index contributed by atoms with van der Waals surface area (Å²) in [5, 5.41) is 3.90. The van der Waals surface area contributed by atoms with E-state index in [1.807, 2.05) is 31.2 Å². The molecule has 0 saturated carbocycles. The molecule has 0 fully saturated rings. The van der Waals surface area contributed by atoms with Crippen molar-refractivity contribution in [1.82, 2.24) is 4.98 Å². The van der Waals surface area contributed by atoms with Crippen LogP contribution in [0.3, 0.4) is 0 Å². The van der Waals surface area contributed by atoms with Crippen molar-refractivity contribution in [2.24, 2.45) is 0 Å². The van der Waals surface area contributed by atoms with Crippen LogP contribution in [0.4, 0.5) is 5.69 Å². The first-order valence-electron chi connectivity index (χ1n) is 9.37. The lowest BCUT2D eigenvalue weighted by Gasteiger charge is -2.20. The molecule has 4 rings (SSSR count). The minimum atomic E-state index is -0.133. The number of fused-ring (bicyclic) bond motifs is 2. The Balaban J connectivity index is 1.82. The lowest BCUT2D eigenvalue weighted by Crippen LogP contribution is -2.19. The number of rotatable bonds is 3. The van der Waals surface area contributed by atoms with Gasteiger partial charge in [0.15, 0.2) is 5.78 Å². The lowest BCUT2D eigenvalue weighted by molar-refractivity contribution is 0.101. The maximum atomic E-state index is 13.3. The van der Waals surface area contributed by atoms with Crippen LogP contribution in [-0.4, -0.2) is 16.7 Å². The molecule has 3 aromatic rings. The Bertz CT molecular complexity index is 1070. The smallest absolute Gasteiger partial charge is 0.256 e. The second-order valence-electron chi connectivity index (χ2n) is 7.23. The predicted molar refractivity (Wildman–Crippen MR) is 108 cm³/mol. The van der Waals surface area contributed by atoms with Crippen LogP contribution in [0.5, 0.6) is 0 Å². The van der Waals surface area contributed by atoms with Crippen molar-refractivity contribution in [3.63, 3.8) is 0 Å². The van der Waals surface area contributed by atoms with Crippen LogP contribution < -0.4 is 5.32 Å². The van der Waals surface area contributed by atoms with Crippen LogP contribution in [0.1, 0.15) is 57.3 Å². The first-order chi connectivity index (χ1) is 13.0. The molecule has 0 radical (unpaired) electrons. The highest BCUT2D eigenvalue weighted by atomic mass is 16.1. The van der Waals surface area contributed by atoms with E-state index >= 15 is 0 Å². The number of anilines is 1. The zero-order valence-electron chi connectivity index (χ0n) is 15.6. The molecule has 1 aliphatic carbocycles. The Kier molecular flexibility index (Phi) is 4.48. The van der Waals surface area contributed by atoms with Crippen LogP contribution >= 0.6 is 0 Å². The molecule has 4 heteroatoms. The first-order valence-corrected chi connectivity index (χ1v) is 9.37. The summed E-state index contributed by atoms with van der Waals surface area (Å²) in [4.78, 5) is 29.7. The van der Waals surface area contributed by atoms with Crippen LogP contribution in [0.25, 0.3) is 10.9 Å². The topological polar surface area (TPSA) is 59.1 Å². The number of hydrogen-bond donors (Lipinski definition) is 1. The molecule has 4 nitrogen and oxygen atoms in total. The maximum Gasteiger partial charge on any atom is 0.256 e. The molecule has 0 unspecified atom stereocenters. The summed E-state index contributed by atoms with van der Waals surface area (Å²) in [5.74, 6) is -0.152. The fourth-order valence-corrected chi connectivity index (χ4v) is 3.81. The Labute approximate surface area is 158 Å². The summed E-state index contributed by atoms with van der Waals surface area (Å²) in [6.07, 6.45) is 3.98. The molecule has 2 aromatic carbocycles. The fourth-order valence-electron chi connectivity index (χ4n) is 3.81. The fraction of sp³-hybridized carbons (Fsp3) is 0.261. The van der Waals surface area contributed by atoms with Gasteiger partial charge in [-0.05, 0) is 69.4 Å². The number of carbonyl (C=O) groups is 2. The number of nitrogens with one attached hydrogen (secondary N) is 1. The van der Waals surface area contributed by atoms with Crippen LogP contribution in [0.2, 0.25) is 0 Å². The highest BCUT2D eigenvalue weighted by Gasteiger charge is 2.23. The molecule has 0 spiro atoms. The number of carbonyl (C=O) groups excluding carboxylic acids is 2. The highest BCUT2D eigenvalue weighted by molar-refractivity contribution is 6.14. The normalized spacial score (nSPS) is 13.3. The van der Waals surface area contributed by atoms with Gasteiger partial charge in [-0.25, -0.2) is 0 Å². The van der Waals surface area contributed by atoms with Crippen molar-refractivity contribution in [3.8, 4) is 0 Å². The third-order valence-corrected chi connectivity index (χ3v) is 5.17. The van der Waals surface area contributed by atoms with Crippen LogP contribution in [0, 0.1) is 6.92 Å². The maximum absolute atomic E-state index is 13.3. The van der Waals surface area contributed by atoms with E-state index in [0.717, 1.165) is 59.0 Å². The second-order valence-corrected chi connectivity index (χ2v) is 7.23. The van der Waals surface area contributed by atoms with Gasteiger partial charge in [0.2, 0.25) is 0 Å². The number of pyridine rings is 1. The Morgan fingerprint density at radius 1 is 1.04 bits per heavy atom. The average Bonchev–Trinajstić information content (AvgIpc) is 2.66. The number of amides is 1. The average molecular weight is 358 g/mol. The van der Waals surface area contributed by atoms with Crippen molar-refractivity contribution in [3.05, 3.63) is 70.4 Å². The van der Waals surface area contributed by atoms with Gasteiger partial charge in [0.1, 0.15) is 0 Å². The zero-order valence-corrected chi connectivity index (χ0v) is 15.6. The monoisotopic (exact) mass is 358 g/mol. The first kappa shape index (κ1) is 17.4.